The van der Waals surface area contributed by atoms with Crippen LogP contribution in [0.1, 0.15) is 66.9 Å². The Hall–Kier alpha value is -3.34. The van der Waals surface area contributed by atoms with Crippen molar-refractivity contribution in [1.29, 1.82) is 0 Å². The first-order chi connectivity index (χ1) is 16.5. The molecule has 1 aromatic rings. The van der Waals surface area contributed by atoms with Crippen molar-refractivity contribution in [2.24, 2.45) is 5.73 Å². The molecule has 0 fully saturated rings. The van der Waals surface area contributed by atoms with E-state index in [1.54, 1.807) is 48.5 Å². The number of carbonyl (C=O) groups is 4. The van der Waals surface area contributed by atoms with E-state index in [9.17, 15) is 19.2 Å². The van der Waals surface area contributed by atoms with E-state index in [-0.39, 0.29) is 37.4 Å². The first-order valence-electron chi connectivity index (χ1n) is 11.5. The van der Waals surface area contributed by atoms with Gasteiger partial charge < -0.3 is 34.2 Å². The van der Waals surface area contributed by atoms with E-state index >= 15 is 0 Å². The van der Waals surface area contributed by atoms with E-state index in [0.29, 0.717) is 5.56 Å². The van der Waals surface area contributed by atoms with Gasteiger partial charge in [-0.2, -0.15) is 0 Å². The van der Waals surface area contributed by atoms with E-state index < -0.39 is 41.0 Å². The van der Waals surface area contributed by atoms with Crippen LogP contribution in [0.4, 0.5) is 9.59 Å². The Morgan fingerprint density at radius 1 is 0.861 bits per heavy atom. The van der Waals surface area contributed by atoms with Crippen LogP contribution in [0.5, 0.6) is 11.5 Å². The summed E-state index contributed by atoms with van der Waals surface area (Å²) in [6.45, 7) is 11.5. The first kappa shape index (κ1) is 30.7. The third-order valence-electron chi connectivity index (χ3n) is 4.39. The molecule has 0 aliphatic heterocycles. The second-order valence-corrected chi connectivity index (χ2v) is 10.1. The Bertz CT molecular complexity index is 945. The molecule has 0 aromatic heterocycles. The van der Waals surface area contributed by atoms with Crippen molar-refractivity contribution in [1.82, 2.24) is 0 Å². The van der Waals surface area contributed by atoms with Crippen LogP contribution in [-0.2, 0) is 35.0 Å². The fraction of sp³-hybridized carbons (Fsp3) is 0.600. The Morgan fingerprint density at radius 2 is 1.39 bits per heavy atom. The number of ether oxygens (including phenoxy) is 6. The Morgan fingerprint density at radius 3 is 1.86 bits per heavy atom. The number of methoxy groups -OCH3 is 1. The number of rotatable bonds is 9. The number of hydrogen-bond donors (Lipinski definition) is 1. The van der Waals surface area contributed by atoms with E-state index in [2.05, 4.69) is 0 Å². The minimum atomic E-state index is -1.56. The quantitative estimate of drug-likeness (QED) is 0.290. The predicted molar refractivity (Wildman–Crippen MR) is 129 cm³/mol. The molecule has 0 aliphatic carbocycles. The molecule has 0 radical (unpaired) electrons. The highest BCUT2D eigenvalue weighted by Crippen LogP contribution is 2.32. The molecule has 2 N–H and O–H groups in total. The van der Waals surface area contributed by atoms with Crippen molar-refractivity contribution in [3.05, 3.63) is 23.8 Å². The van der Waals surface area contributed by atoms with Crippen LogP contribution < -0.4 is 15.2 Å². The molecule has 11 heteroatoms. The lowest BCUT2D eigenvalue weighted by molar-refractivity contribution is -0.151. The normalized spacial score (nSPS) is 13.1. The molecular weight excluding hydrogens is 474 g/mol. The standard InChI is InChI=1S/C25H37NO10/c1-9-19(27)32-13-12-25(26,20(28)31-8)15-16-10-11-17(33-21(29)35-23(2,3)4)18(14-16)34-22(30)36-24(5,6)7/h10-11,14H,9,12-13,15,26H2,1-8H3/t25-/m1/s1. The van der Waals surface area contributed by atoms with Crippen LogP contribution >= 0.6 is 0 Å². The lowest BCUT2D eigenvalue weighted by atomic mass is 9.88. The molecule has 202 valence electrons. The van der Waals surface area contributed by atoms with Crippen LogP contribution in [0.25, 0.3) is 0 Å². The van der Waals surface area contributed by atoms with Crippen molar-refractivity contribution in [3.8, 4) is 11.5 Å². The third-order valence-corrected chi connectivity index (χ3v) is 4.39. The van der Waals surface area contributed by atoms with Crippen LogP contribution in [0, 0.1) is 0 Å². The van der Waals surface area contributed by atoms with Gasteiger partial charge in [-0.1, -0.05) is 13.0 Å². The van der Waals surface area contributed by atoms with Crippen molar-refractivity contribution in [2.75, 3.05) is 13.7 Å². The van der Waals surface area contributed by atoms with Gasteiger partial charge in [-0.25, -0.2) is 9.59 Å². The summed E-state index contributed by atoms with van der Waals surface area (Å²) in [6, 6.07) is 4.28. The second kappa shape index (κ2) is 12.6. The zero-order valence-corrected chi connectivity index (χ0v) is 22.2. The van der Waals surface area contributed by atoms with Gasteiger partial charge in [0.2, 0.25) is 0 Å². The monoisotopic (exact) mass is 511 g/mol. The molecule has 36 heavy (non-hydrogen) atoms. The minimum absolute atomic E-state index is 0.0240. The highest BCUT2D eigenvalue weighted by Gasteiger charge is 2.36. The van der Waals surface area contributed by atoms with Gasteiger partial charge in [0.15, 0.2) is 11.5 Å². The maximum atomic E-state index is 12.5. The Kier molecular flexibility index (Phi) is 10.7. The average Bonchev–Trinajstić information content (AvgIpc) is 2.72. The Balaban J connectivity index is 3.26. The summed E-state index contributed by atoms with van der Waals surface area (Å²) in [5.41, 5.74) is 3.56. The maximum absolute atomic E-state index is 12.5. The molecule has 0 saturated carbocycles. The average molecular weight is 512 g/mol. The summed E-state index contributed by atoms with van der Waals surface area (Å²) >= 11 is 0. The molecule has 1 atom stereocenters. The van der Waals surface area contributed by atoms with Crippen molar-refractivity contribution < 1.29 is 47.6 Å². The smallest absolute Gasteiger partial charge is 0.468 e. The van der Waals surface area contributed by atoms with Gasteiger partial charge in [0.05, 0.1) is 13.7 Å². The van der Waals surface area contributed by atoms with E-state index in [4.69, 9.17) is 34.2 Å². The fourth-order valence-electron chi connectivity index (χ4n) is 2.83. The second-order valence-electron chi connectivity index (χ2n) is 10.1. The fourth-order valence-corrected chi connectivity index (χ4v) is 2.83. The van der Waals surface area contributed by atoms with Gasteiger partial charge in [0, 0.05) is 19.3 Å². The highest BCUT2D eigenvalue weighted by atomic mass is 16.8. The zero-order chi connectivity index (χ0) is 27.7. The van der Waals surface area contributed by atoms with Crippen LogP contribution in [0.2, 0.25) is 0 Å². The molecule has 11 nitrogen and oxygen atoms in total. The maximum Gasteiger partial charge on any atom is 0.514 e. The van der Waals surface area contributed by atoms with Crippen molar-refractivity contribution >= 4 is 24.2 Å². The molecule has 0 saturated heterocycles. The zero-order valence-electron chi connectivity index (χ0n) is 22.2. The number of esters is 2. The summed E-state index contributed by atoms with van der Waals surface area (Å²) in [6.07, 6.45) is -1.96. The lowest BCUT2D eigenvalue weighted by Crippen LogP contribution is -2.51. The molecule has 1 aromatic carbocycles. The number of nitrogens with two attached hydrogens (primary N) is 1. The molecule has 0 aliphatic rings. The van der Waals surface area contributed by atoms with Crippen LogP contribution in [0.3, 0.4) is 0 Å². The van der Waals surface area contributed by atoms with Crippen LogP contribution in [0.15, 0.2) is 18.2 Å². The van der Waals surface area contributed by atoms with Gasteiger partial charge in [0.1, 0.15) is 16.7 Å². The summed E-state index contributed by atoms with van der Waals surface area (Å²) in [5.74, 6) is -1.42. The van der Waals surface area contributed by atoms with E-state index in [0.717, 1.165) is 0 Å². The Labute approximate surface area is 211 Å². The molecule has 0 spiro atoms. The van der Waals surface area contributed by atoms with E-state index in [1.807, 2.05) is 0 Å². The van der Waals surface area contributed by atoms with Gasteiger partial charge in [-0.15, -0.1) is 0 Å². The van der Waals surface area contributed by atoms with Crippen molar-refractivity contribution in [2.45, 2.75) is 84.5 Å². The largest absolute Gasteiger partial charge is 0.514 e. The number of benzene rings is 1. The topological polar surface area (TPSA) is 150 Å². The summed E-state index contributed by atoms with van der Waals surface area (Å²) in [4.78, 5) is 48.4. The molecule has 0 unspecified atom stereocenters. The number of hydrogen-bond acceptors (Lipinski definition) is 11. The molecule has 0 bridgehead atoms. The first-order valence-corrected chi connectivity index (χ1v) is 11.5. The number of carbonyl (C=O) groups excluding carboxylic acids is 4. The van der Waals surface area contributed by atoms with Gasteiger partial charge in [-0.3, -0.25) is 9.59 Å². The molecule has 0 heterocycles. The predicted octanol–water partition coefficient (Wildman–Crippen LogP) is 4.07. The summed E-state index contributed by atoms with van der Waals surface area (Å²) in [7, 11) is 1.19. The van der Waals surface area contributed by atoms with Crippen LogP contribution in [-0.4, -0.2) is 54.7 Å². The highest BCUT2D eigenvalue weighted by molar-refractivity contribution is 5.81. The summed E-state index contributed by atoms with van der Waals surface area (Å²) in [5, 5.41) is 0. The van der Waals surface area contributed by atoms with E-state index in [1.165, 1.54) is 25.3 Å². The minimum Gasteiger partial charge on any atom is -0.468 e. The lowest BCUT2D eigenvalue weighted by Gasteiger charge is -2.27. The molecule has 1 rings (SSSR count). The van der Waals surface area contributed by atoms with Gasteiger partial charge >= 0.3 is 24.2 Å². The van der Waals surface area contributed by atoms with Gasteiger partial charge in [0.25, 0.3) is 0 Å². The summed E-state index contributed by atoms with van der Waals surface area (Å²) < 4.78 is 30.8. The van der Waals surface area contributed by atoms with Gasteiger partial charge in [-0.05, 0) is 59.2 Å². The SMILES string of the molecule is CCC(=O)OCC[C@@](N)(Cc1ccc(OC(=O)OC(C)(C)C)c(OC(=O)OC(C)(C)C)c1)C(=O)OC. The third kappa shape index (κ3) is 10.9. The molecular formula is C25H37NO10. The molecule has 0 amide bonds. The van der Waals surface area contributed by atoms with Crippen molar-refractivity contribution in [3.63, 3.8) is 0 Å².